The molecule has 1 aliphatic rings. The van der Waals surface area contributed by atoms with Crippen LogP contribution in [0.15, 0.2) is 18.2 Å². The molecule has 21 heavy (non-hydrogen) atoms. The monoisotopic (exact) mass is 308 g/mol. The SMILES string of the molecule is CCOC(=O)c1cc(N)ccc1NC1CCC(SCC)C1. The summed E-state index contributed by atoms with van der Waals surface area (Å²) in [6.07, 6.45) is 3.52. The van der Waals surface area contributed by atoms with E-state index in [1.807, 2.05) is 23.9 Å². The summed E-state index contributed by atoms with van der Waals surface area (Å²) in [5, 5.41) is 4.22. The van der Waals surface area contributed by atoms with Gasteiger partial charge in [0.05, 0.1) is 12.2 Å². The minimum atomic E-state index is -0.315. The number of carbonyl (C=O) groups is 1. The number of esters is 1. The molecule has 2 atom stereocenters. The van der Waals surface area contributed by atoms with E-state index in [4.69, 9.17) is 10.5 Å². The summed E-state index contributed by atoms with van der Waals surface area (Å²) in [7, 11) is 0. The van der Waals surface area contributed by atoms with Gasteiger partial charge in [0, 0.05) is 22.7 Å². The molecule has 3 N–H and O–H groups in total. The van der Waals surface area contributed by atoms with Gasteiger partial charge in [-0.15, -0.1) is 0 Å². The van der Waals surface area contributed by atoms with Crippen molar-refractivity contribution in [3.05, 3.63) is 23.8 Å². The summed E-state index contributed by atoms with van der Waals surface area (Å²) in [6.45, 7) is 4.37. The van der Waals surface area contributed by atoms with Crippen molar-refractivity contribution >= 4 is 29.1 Å². The lowest BCUT2D eigenvalue weighted by Gasteiger charge is -2.17. The fourth-order valence-corrected chi connectivity index (χ4v) is 3.89. The molecule has 0 aliphatic heterocycles. The van der Waals surface area contributed by atoms with Crippen LogP contribution in [0.4, 0.5) is 11.4 Å². The van der Waals surface area contributed by atoms with Crippen molar-refractivity contribution in [3.8, 4) is 0 Å². The Kier molecular flexibility index (Phi) is 5.79. The normalized spacial score (nSPS) is 21.2. The molecule has 0 heterocycles. The van der Waals surface area contributed by atoms with E-state index in [0.29, 0.717) is 23.9 Å². The van der Waals surface area contributed by atoms with Crippen LogP contribution in [0.25, 0.3) is 0 Å². The quantitative estimate of drug-likeness (QED) is 0.622. The average Bonchev–Trinajstić information content (AvgIpc) is 2.89. The molecule has 0 aromatic heterocycles. The maximum atomic E-state index is 12.0. The van der Waals surface area contributed by atoms with Crippen molar-refractivity contribution < 1.29 is 9.53 Å². The van der Waals surface area contributed by atoms with Crippen LogP contribution in [0.2, 0.25) is 0 Å². The van der Waals surface area contributed by atoms with Crippen molar-refractivity contribution in [1.82, 2.24) is 0 Å². The summed E-state index contributed by atoms with van der Waals surface area (Å²) in [5.41, 5.74) is 7.73. The number of nitrogens with one attached hydrogen (secondary N) is 1. The Morgan fingerprint density at radius 3 is 2.95 bits per heavy atom. The van der Waals surface area contributed by atoms with Gasteiger partial charge in [-0.3, -0.25) is 0 Å². The first-order valence-electron chi connectivity index (χ1n) is 7.58. The van der Waals surface area contributed by atoms with Gasteiger partial charge in [-0.05, 0) is 50.1 Å². The second kappa shape index (κ2) is 7.59. The van der Waals surface area contributed by atoms with Crippen molar-refractivity contribution in [1.29, 1.82) is 0 Å². The van der Waals surface area contributed by atoms with Gasteiger partial charge in [-0.2, -0.15) is 11.8 Å². The highest BCUT2D eigenvalue weighted by molar-refractivity contribution is 7.99. The zero-order chi connectivity index (χ0) is 15.2. The highest BCUT2D eigenvalue weighted by Crippen LogP contribution is 2.32. The summed E-state index contributed by atoms with van der Waals surface area (Å²) >= 11 is 2.02. The summed E-state index contributed by atoms with van der Waals surface area (Å²) < 4.78 is 5.11. The standard InChI is InChI=1S/C16H24N2O2S/c1-3-20-16(19)14-9-11(17)5-8-15(14)18-12-6-7-13(10-12)21-4-2/h5,8-9,12-13,18H,3-4,6-7,10,17H2,1-2H3. The third-order valence-corrected chi connectivity index (χ3v) is 4.92. The first-order valence-corrected chi connectivity index (χ1v) is 8.63. The number of anilines is 2. The number of benzene rings is 1. The maximum absolute atomic E-state index is 12.0. The maximum Gasteiger partial charge on any atom is 0.340 e. The molecular formula is C16H24N2O2S. The second-order valence-electron chi connectivity index (χ2n) is 5.26. The van der Waals surface area contributed by atoms with Gasteiger partial charge < -0.3 is 15.8 Å². The Labute approximate surface area is 130 Å². The van der Waals surface area contributed by atoms with E-state index in [0.717, 1.165) is 29.5 Å². The number of nitrogen functional groups attached to an aromatic ring is 1. The molecule has 1 aromatic carbocycles. The van der Waals surface area contributed by atoms with Gasteiger partial charge in [0.1, 0.15) is 0 Å². The minimum Gasteiger partial charge on any atom is -0.462 e. The Morgan fingerprint density at radius 1 is 1.43 bits per heavy atom. The van der Waals surface area contributed by atoms with E-state index in [2.05, 4.69) is 12.2 Å². The van der Waals surface area contributed by atoms with Gasteiger partial charge in [0.25, 0.3) is 0 Å². The number of thioether (sulfide) groups is 1. The van der Waals surface area contributed by atoms with Crippen LogP contribution in [-0.4, -0.2) is 29.6 Å². The van der Waals surface area contributed by atoms with E-state index in [1.165, 1.54) is 6.42 Å². The van der Waals surface area contributed by atoms with Crippen LogP contribution in [0.3, 0.4) is 0 Å². The first kappa shape index (κ1) is 16.0. The van der Waals surface area contributed by atoms with Crippen LogP contribution in [0.5, 0.6) is 0 Å². The fraction of sp³-hybridized carbons (Fsp3) is 0.562. The van der Waals surface area contributed by atoms with Crippen LogP contribution in [0.1, 0.15) is 43.5 Å². The smallest absolute Gasteiger partial charge is 0.340 e. The summed E-state index contributed by atoms with van der Waals surface area (Å²) in [5.74, 6) is 0.845. The van der Waals surface area contributed by atoms with E-state index in [9.17, 15) is 4.79 Å². The van der Waals surface area contributed by atoms with E-state index >= 15 is 0 Å². The minimum absolute atomic E-state index is 0.315. The molecular weight excluding hydrogens is 284 g/mol. The number of ether oxygens (including phenoxy) is 1. The van der Waals surface area contributed by atoms with Gasteiger partial charge in [-0.1, -0.05) is 6.92 Å². The molecule has 0 bridgehead atoms. The molecule has 0 spiro atoms. The van der Waals surface area contributed by atoms with Crippen LogP contribution in [0, 0.1) is 0 Å². The molecule has 2 rings (SSSR count). The third kappa shape index (κ3) is 4.30. The van der Waals surface area contributed by atoms with Gasteiger partial charge in [-0.25, -0.2) is 4.79 Å². The third-order valence-electron chi connectivity index (χ3n) is 3.69. The van der Waals surface area contributed by atoms with Gasteiger partial charge >= 0.3 is 5.97 Å². The topological polar surface area (TPSA) is 64.3 Å². The number of nitrogens with two attached hydrogens (primary N) is 1. The first-order chi connectivity index (χ1) is 10.1. The van der Waals surface area contributed by atoms with Crippen LogP contribution < -0.4 is 11.1 Å². The Balaban J connectivity index is 2.07. The van der Waals surface area contributed by atoms with Crippen molar-refractivity contribution in [2.24, 2.45) is 0 Å². The lowest BCUT2D eigenvalue weighted by Crippen LogP contribution is -2.19. The van der Waals surface area contributed by atoms with Crippen LogP contribution >= 0.6 is 11.8 Å². The Bertz CT molecular complexity index is 493. The molecule has 1 fully saturated rings. The Morgan fingerprint density at radius 2 is 2.24 bits per heavy atom. The number of rotatable bonds is 6. The summed E-state index contributed by atoms with van der Waals surface area (Å²) in [4.78, 5) is 12.0. The van der Waals surface area contributed by atoms with E-state index < -0.39 is 0 Å². The number of hydrogen-bond donors (Lipinski definition) is 2. The predicted octanol–water partition coefficient (Wildman–Crippen LogP) is 3.53. The van der Waals surface area contributed by atoms with Gasteiger partial charge in [0.2, 0.25) is 0 Å². The highest BCUT2D eigenvalue weighted by Gasteiger charge is 2.25. The molecule has 1 saturated carbocycles. The van der Waals surface area contributed by atoms with Crippen molar-refractivity contribution in [3.63, 3.8) is 0 Å². The highest BCUT2D eigenvalue weighted by atomic mass is 32.2. The van der Waals surface area contributed by atoms with Crippen molar-refractivity contribution in [2.75, 3.05) is 23.4 Å². The molecule has 0 radical (unpaired) electrons. The number of hydrogen-bond acceptors (Lipinski definition) is 5. The average molecular weight is 308 g/mol. The second-order valence-corrected chi connectivity index (χ2v) is 6.83. The molecule has 1 aromatic rings. The molecule has 1 aliphatic carbocycles. The predicted molar refractivity (Wildman–Crippen MR) is 90.0 cm³/mol. The Hall–Kier alpha value is -1.36. The molecule has 0 saturated heterocycles. The van der Waals surface area contributed by atoms with E-state index in [1.54, 1.807) is 13.0 Å². The zero-order valence-electron chi connectivity index (χ0n) is 12.7. The molecule has 116 valence electrons. The van der Waals surface area contributed by atoms with Crippen LogP contribution in [-0.2, 0) is 4.74 Å². The lowest BCUT2D eigenvalue weighted by atomic mass is 10.1. The molecule has 0 amide bonds. The van der Waals surface area contributed by atoms with E-state index in [-0.39, 0.29) is 5.97 Å². The summed E-state index contributed by atoms with van der Waals surface area (Å²) in [6, 6.07) is 5.80. The molecule has 5 heteroatoms. The fourth-order valence-electron chi connectivity index (χ4n) is 2.74. The number of carbonyl (C=O) groups excluding carboxylic acids is 1. The van der Waals surface area contributed by atoms with Gasteiger partial charge in [0.15, 0.2) is 0 Å². The zero-order valence-corrected chi connectivity index (χ0v) is 13.5. The largest absolute Gasteiger partial charge is 0.462 e. The molecule has 2 unspecified atom stereocenters. The van der Waals surface area contributed by atoms with Crippen molar-refractivity contribution in [2.45, 2.75) is 44.4 Å². The lowest BCUT2D eigenvalue weighted by molar-refractivity contribution is 0.0527. The molecule has 4 nitrogen and oxygen atoms in total.